The van der Waals surface area contributed by atoms with Crippen LogP contribution in [0.15, 0.2) is 42.5 Å². The number of carbonyl (C=O) groups excluding carboxylic acids is 1. The lowest BCUT2D eigenvalue weighted by atomic mass is 10.0. The van der Waals surface area contributed by atoms with Crippen molar-refractivity contribution in [1.29, 1.82) is 0 Å². The molecule has 0 heterocycles. The fourth-order valence-corrected chi connectivity index (χ4v) is 4.59. The quantitative estimate of drug-likeness (QED) is 0.634. The molecule has 0 radical (unpaired) electrons. The van der Waals surface area contributed by atoms with Crippen LogP contribution in [0.3, 0.4) is 0 Å². The Balaban J connectivity index is 2.31. The van der Waals surface area contributed by atoms with Crippen LogP contribution in [0.5, 0.6) is 5.75 Å². The van der Waals surface area contributed by atoms with Crippen LogP contribution in [0.4, 0.5) is 5.69 Å². The summed E-state index contributed by atoms with van der Waals surface area (Å²) in [5.74, 6) is 0.260. The lowest BCUT2D eigenvalue weighted by Crippen LogP contribution is -2.48. The van der Waals surface area contributed by atoms with Crippen LogP contribution >= 0.6 is 23.2 Å². The van der Waals surface area contributed by atoms with Crippen molar-refractivity contribution >= 4 is 44.8 Å². The van der Waals surface area contributed by atoms with Crippen molar-refractivity contribution in [2.45, 2.75) is 32.4 Å². The van der Waals surface area contributed by atoms with Gasteiger partial charge in [-0.2, -0.15) is 0 Å². The summed E-state index contributed by atoms with van der Waals surface area (Å²) in [6.45, 7) is 3.44. The number of nitrogens with zero attached hydrogens (tertiary/aromatic N) is 1. The number of sulfonamides is 1. The minimum absolute atomic E-state index is 0.154. The van der Waals surface area contributed by atoms with Gasteiger partial charge in [-0.15, -0.1) is 0 Å². The van der Waals surface area contributed by atoms with E-state index in [2.05, 4.69) is 5.32 Å². The molecule has 0 spiro atoms. The van der Waals surface area contributed by atoms with Gasteiger partial charge in [-0.05, 0) is 49.2 Å². The van der Waals surface area contributed by atoms with Crippen LogP contribution in [0.2, 0.25) is 10.0 Å². The molecule has 2 aromatic rings. The summed E-state index contributed by atoms with van der Waals surface area (Å²) in [6, 6.07) is 10.5. The number of hydrogen-bond acceptors (Lipinski definition) is 4. The van der Waals surface area contributed by atoms with Crippen LogP contribution in [-0.2, 0) is 14.8 Å². The highest BCUT2D eigenvalue weighted by Crippen LogP contribution is 2.32. The number of hydrogen-bond donors (Lipinski definition) is 1. The van der Waals surface area contributed by atoms with E-state index in [1.54, 1.807) is 13.2 Å². The zero-order chi connectivity index (χ0) is 21.8. The summed E-state index contributed by atoms with van der Waals surface area (Å²) in [4.78, 5) is 12.9. The second kappa shape index (κ2) is 9.69. The molecular formula is C20H24Cl2N2O4S. The summed E-state index contributed by atoms with van der Waals surface area (Å²) in [7, 11) is -2.22. The van der Waals surface area contributed by atoms with Crippen molar-refractivity contribution in [1.82, 2.24) is 5.32 Å². The summed E-state index contributed by atoms with van der Waals surface area (Å²) >= 11 is 12.2. The number of methoxy groups -OCH3 is 1. The van der Waals surface area contributed by atoms with E-state index < -0.39 is 22.0 Å². The Morgan fingerprint density at radius 1 is 1.17 bits per heavy atom. The van der Waals surface area contributed by atoms with Crippen molar-refractivity contribution < 1.29 is 17.9 Å². The fourth-order valence-electron chi connectivity index (χ4n) is 2.99. The molecular weight excluding hydrogens is 435 g/mol. The van der Waals surface area contributed by atoms with E-state index in [1.165, 1.54) is 19.1 Å². The molecule has 0 aromatic heterocycles. The third-order valence-corrected chi connectivity index (χ3v) is 6.26. The maximum atomic E-state index is 12.9. The molecule has 0 fully saturated rings. The highest BCUT2D eigenvalue weighted by Gasteiger charge is 2.31. The van der Waals surface area contributed by atoms with E-state index in [1.807, 2.05) is 31.2 Å². The SMILES string of the molecule is CC[C@@H](NC(=O)[C@H](C)N(c1cc(Cl)ccc1Cl)S(C)(=O)=O)c1ccc(OC)cc1. The van der Waals surface area contributed by atoms with E-state index >= 15 is 0 Å². The first kappa shape index (κ1) is 23.3. The minimum atomic E-state index is -3.80. The molecule has 1 N–H and O–H groups in total. The van der Waals surface area contributed by atoms with Crippen LogP contribution in [0, 0.1) is 0 Å². The first-order valence-corrected chi connectivity index (χ1v) is 11.6. The molecule has 9 heteroatoms. The molecule has 0 aliphatic carbocycles. The average Bonchev–Trinajstić information content (AvgIpc) is 2.67. The highest BCUT2D eigenvalue weighted by atomic mass is 35.5. The molecule has 2 rings (SSSR count). The number of nitrogens with one attached hydrogen (secondary N) is 1. The van der Waals surface area contributed by atoms with Crippen LogP contribution < -0.4 is 14.4 Å². The first-order valence-electron chi connectivity index (χ1n) is 8.97. The van der Waals surface area contributed by atoms with E-state index in [-0.39, 0.29) is 16.8 Å². The Morgan fingerprint density at radius 2 is 1.79 bits per heavy atom. The number of rotatable bonds is 8. The van der Waals surface area contributed by atoms with Crippen molar-refractivity contribution in [3.63, 3.8) is 0 Å². The molecule has 1 amide bonds. The lowest BCUT2D eigenvalue weighted by Gasteiger charge is -2.30. The Bertz CT molecular complexity index is 965. The van der Waals surface area contributed by atoms with Gasteiger partial charge in [-0.3, -0.25) is 9.10 Å². The van der Waals surface area contributed by atoms with Crippen molar-refractivity contribution in [3.8, 4) is 5.75 Å². The van der Waals surface area contributed by atoms with Gasteiger partial charge in [0.15, 0.2) is 0 Å². The largest absolute Gasteiger partial charge is 0.497 e. The van der Waals surface area contributed by atoms with E-state index in [4.69, 9.17) is 27.9 Å². The number of amides is 1. The molecule has 0 aliphatic rings. The molecule has 6 nitrogen and oxygen atoms in total. The van der Waals surface area contributed by atoms with E-state index in [9.17, 15) is 13.2 Å². The molecule has 29 heavy (non-hydrogen) atoms. The minimum Gasteiger partial charge on any atom is -0.497 e. The molecule has 2 atom stereocenters. The van der Waals surface area contributed by atoms with Gasteiger partial charge >= 0.3 is 0 Å². The monoisotopic (exact) mass is 458 g/mol. The highest BCUT2D eigenvalue weighted by molar-refractivity contribution is 7.92. The van der Waals surface area contributed by atoms with Gasteiger partial charge in [-0.1, -0.05) is 42.3 Å². The molecule has 2 aromatic carbocycles. The number of halogens is 2. The maximum Gasteiger partial charge on any atom is 0.244 e. The number of anilines is 1. The van der Waals surface area contributed by atoms with Gasteiger partial charge in [-0.25, -0.2) is 8.42 Å². The van der Waals surface area contributed by atoms with Gasteiger partial charge < -0.3 is 10.1 Å². The van der Waals surface area contributed by atoms with Gasteiger partial charge in [0, 0.05) is 5.02 Å². The molecule has 0 bridgehead atoms. The summed E-state index contributed by atoms with van der Waals surface area (Å²) < 4.78 is 31.1. The smallest absolute Gasteiger partial charge is 0.244 e. The van der Waals surface area contributed by atoms with E-state index in [0.717, 1.165) is 16.1 Å². The predicted octanol–water partition coefficient (Wildman–Crippen LogP) is 4.42. The van der Waals surface area contributed by atoms with Gasteiger partial charge in [0.25, 0.3) is 0 Å². The molecule has 0 saturated carbocycles. The predicted molar refractivity (Wildman–Crippen MR) is 117 cm³/mol. The average molecular weight is 459 g/mol. The second-order valence-electron chi connectivity index (χ2n) is 6.57. The van der Waals surface area contributed by atoms with E-state index in [0.29, 0.717) is 17.2 Å². The lowest BCUT2D eigenvalue weighted by molar-refractivity contribution is -0.122. The Morgan fingerprint density at radius 3 is 2.31 bits per heavy atom. The summed E-state index contributed by atoms with van der Waals surface area (Å²) in [6.07, 6.45) is 1.65. The van der Waals surface area contributed by atoms with Crippen molar-refractivity contribution in [3.05, 3.63) is 58.1 Å². The molecule has 0 saturated heterocycles. The summed E-state index contributed by atoms with van der Waals surface area (Å²) in [5, 5.41) is 3.41. The topological polar surface area (TPSA) is 75.7 Å². The summed E-state index contributed by atoms with van der Waals surface area (Å²) in [5.41, 5.74) is 1.04. The molecule has 0 unspecified atom stereocenters. The zero-order valence-electron chi connectivity index (χ0n) is 16.6. The number of carbonyl (C=O) groups is 1. The maximum absolute atomic E-state index is 12.9. The van der Waals surface area contributed by atoms with Crippen LogP contribution in [0.25, 0.3) is 0 Å². The van der Waals surface area contributed by atoms with Crippen molar-refractivity contribution in [2.75, 3.05) is 17.7 Å². The molecule has 0 aliphatic heterocycles. The van der Waals surface area contributed by atoms with Crippen molar-refractivity contribution in [2.24, 2.45) is 0 Å². The standard InChI is InChI=1S/C20H24Cl2N2O4S/c1-5-18(14-6-9-16(28-3)10-7-14)23-20(25)13(2)24(29(4,26)27)19-12-15(21)8-11-17(19)22/h6-13,18H,5H2,1-4H3,(H,23,25)/t13-,18+/m0/s1. The van der Waals surface area contributed by atoms with Crippen LogP contribution in [-0.4, -0.2) is 33.7 Å². The van der Waals surface area contributed by atoms with Crippen LogP contribution in [0.1, 0.15) is 31.9 Å². The number of benzene rings is 2. The Kier molecular flexibility index (Phi) is 7.80. The third-order valence-electron chi connectivity index (χ3n) is 4.48. The van der Waals surface area contributed by atoms with Gasteiger partial charge in [0.05, 0.1) is 30.1 Å². The van der Waals surface area contributed by atoms with Gasteiger partial charge in [0.1, 0.15) is 11.8 Å². The Labute approximate surface area is 181 Å². The normalized spacial score (nSPS) is 13.4. The zero-order valence-corrected chi connectivity index (χ0v) is 19.0. The number of ether oxygens (including phenoxy) is 1. The molecule has 158 valence electrons. The second-order valence-corrected chi connectivity index (χ2v) is 9.28. The fraction of sp³-hybridized carbons (Fsp3) is 0.350. The van der Waals surface area contributed by atoms with Gasteiger partial charge in [0.2, 0.25) is 15.9 Å². The Hall–Kier alpha value is -1.96. The third kappa shape index (κ3) is 5.78. The first-order chi connectivity index (χ1) is 13.6.